The molecule has 2 atom stereocenters. The van der Waals surface area contributed by atoms with E-state index in [4.69, 9.17) is 4.74 Å². The smallest absolute Gasteiger partial charge is 0.127 e. The van der Waals surface area contributed by atoms with Crippen LogP contribution in [0.3, 0.4) is 0 Å². The van der Waals surface area contributed by atoms with Gasteiger partial charge in [0.05, 0.1) is 0 Å². The molecule has 200 valence electrons. The number of hydrogen-bond donors (Lipinski definition) is 0. The summed E-state index contributed by atoms with van der Waals surface area (Å²) in [5.41, 5.74) is 6.55. The summed E-state index contributed by atoms with van der Waals surface area (Å²) in [7, 11) is 4.92. The molecular weight excluding hydrogens is 469 g/mol. The summed E-state index contributed by atoms with van der Waals surface area (Å²) < 4.78 is 6.85. The molecule has 0 N–H and O–H groups in total. The fourth-order valence-corrected chi connectivity index (χ4v) is 6.85. The maximum absolute atomic E-state index is 6.85. The Hall–Kier alpha value is -2.31. The predicted molar refractivity (Wildman–Crippen MR) is 166 cm³/mol. The second-order valence-corrected chi connectivity index (χ2v) is 14.7. The van der Waals surface area contributed by atoms with E-state index in [9.17, 15) is 0 Å². The Morgan fingerprint density at radius 1 is 0.757 bits per heavy atom. The minimum atomic E-state index is -0.0475. The van der Waals surface area contributed by atoms with Gasteiger partial charge in [0.25, 0.3) is 0 Å². The summed E-state index contributed by atoms with van der Waals surface area (Å²) in [6, 6.07) is 24.3. The number of para-hydroxylation sites is 1. The molecular formula is C34H48NOP. The molecule has 0 heterocycles. The molecule has 3 heteroatoms. The van der Waals surface area contributed by atoms with Gasteiger partial charge in [0.2, 0.25) is 0 Å². The van der Waals surface area contributed by atoms with E-state index >= 15 is 0 Å². The predicted octanol–water partition coefficient (Wildman–Crippen LogP) is 8.95. The summed E-state index contributed by atoms with van der Waals surface area (Å²) in [5.74, 6) is 1.08. The molecule has 0 aliphatic heterocycles. The van der Waals surface area contributed by atoms with Crippen LogP contribution in [-0.4, -0.2) is 14.1 Å². The lowest BCUT2D eigenvalue weighted by Gasteiger charge is -2.37. The summed E-state index contributed by atoms with van der Waals surface area (Å²) in [5, 5.41) is 1.37. The van der Waals surface area contributed by atoms with Crippen LogP contribution < -0.4 is 14.9 Å². The Kier molecular flexibility index (Phi) is 9.18. The van der Waals surface area contributed by atoms with Gasteiger partial charge in [0.1, 0.15) is 12.4 Å². The highest BCUT2D eigenvalue weighted by Crippen LogP contribution is 2.52. The topological polar surface area (TPSA) is 12.5 Å². The van der Waals surface area contributed by atoms with Gasteiger partial charge in [-0.3, -0.25) is 0 Å². The third-order valence-corrected chi connectivity index (χ3v) is 8.89. The van der Waals surface area contributed by atoms with Gasteiger partial charge < -0.3 is 9.64 Å². The van der Waals surface area contributed by atoms with Gasteiger partial charge in [0.15, 0.2) is 0 Å². The molecule has 0 amide bonds. The molecule has 37 heavy (non-hydrogen) atoms. The maximum atomic E-state index is 6.85. The number of anilines is 1. The Labute approximate surface area is 228 Å². The molecule has 2 unspecified atom stereocenters. The first-order valence-corrected chi connectivity index (χ1v) is 14.7. The lowest BCUT2D eigenvalue weighted by molar-refractivity contribution is 0.290. The highest BCUT2D eigenvalue weighted by atomic mass is 31.1. The third kappa shape index (κ3) is 7.17. The third-order valence-electron chi connectivity index (χ3n) is 7.13. The number of ether oxygens (including phenoxy) is 1. The van der Waals surface area contributed by atoms with Crippen molar-refractivity contribution < 1.29 is 4.74 Å². The van der Waals surface area contributed by atoms with E-state index in [0.717, 1.165) is 18.6 Å². The highest BCUT2D eigenvalue weighted by molar-refractivity contribution is 7.49. The van der Waals surface area contributed by atoms with Gasteiger partial charge in [0, 0.05) is 36.1 Å². The van der Waals surface area contributed by atoms with Crippen molar-refractivity contribution in [1.82, 2.24) is 0 Å². The Morgan fingerprint density at radius 3 is 1.92 bits per heavy atom. The van der Waals surface area contributed by atoms with E-state index in [2.05, 4.69) is 141 Å². The fraction of sp³-hybridized carbons (Fsp3) is 0.471. The summed E-state index contributed by atoms with van der Waals surface area (Å²) in [6.07, 6.45) is 2.22. The highest BCUT2D eigenvalue weighted by Gasteiger charge is 2.35. The molecule has 0 spiro atoms. The van der Waals surface area contributed by atoms with Gasteiger partial charge in [-0.2, -0.15) is 0 Å². The van der Waals surface area contributed by atoms with Crippen LogP contribution in [-0.2, 0) is 22.6 Å². The number of nitrogens with zero attached hydrogens (tertiary/aromatic N) is 1. The minimum Gasteiger partial charge on any atom is -0.488 e. The molecule has 0 radical (unpaired) electrons. The standard InChI is InChI=1S/C34H48NOP/c1-11-21-34(8,37-30-20-16-15-19-29(30)35(9)10)28-23-26(32(2,3)4)22-27(33(5,6)7)31(28)36-24-25-17-13-12-14-18-25/h12-20,22-23,37H,11,21,24H2,1-10H3. The first kappa shape index (κ1) is 29.2. The van der Waals surface area contributed by atoms with Crippen molar-refractivity contribution in [2.24, 2.45) is 0 Å². The summed E-state index contributed by atoms with van der Waals surface area (Å²) >= 11 is 0. The van der Waals surface area contributed by atoms with Crippen molar-refractivity contribution in [2.45, 2.75) is 90.8 Å². The van der Waals surface area contributed by atoms with Gasteiger partial charge in [-0.15, -0.1) is 0 Å². The van der Waals surface area contributed by atoms with Crippen LogP contribution in [0.2, 0.25) is 0 Å². The fourth-order valence-electron chi connectivity index (χ4n) is 4.95. The SMILES string of the molecule is CCCC(C)(Pc1ccccc1N(C)C)c1cc(C(C)(C)C)cc(C(C)(C)C)c1OCc1ccccc1. The van der Waals surface area contributed by atoms with E-state index in [1.165, 1.54) is 33.2 Å². The van der Waals surface area contributed by atoms with Crippen LogP contribution in [0.15, 0.2) is 66.7 Å². The minimum absolute atomic E-state index is 0.0419. The maximum Gasteiger partial charge on any atom is 0.127 e. The van der Waals surface area contributed by atoms with Gasteiger partial charge in [-0.25, -0.2) is 0 Å². The van der Waals surface area contributed by atoms with Crippen molar-refractivity contribution in [3.8, 4) is 5.75 Å². The van der Waals surface area contributed by atoms with E-state index < -0.39 is 0 Å². The van der Waals surface area contributed by atoms with Crippen LogP contribution in [0, 0.1) is 0 Å². The molecule has 0 fully saturated rings. The van der Waals surface area contributed by atoms with Gasteiger partial charge in [-0.1, -0.05) is 131 Å². The normalized spacial score (nSPS) is 14.1. The van der Waals surface area contributed by atoms with E-state index in [1.807, 2.05) is 0 Å². The second kappa shape index (κ2) is 11.6. The zero-order chi connectivity index (χ0) is 27.4. The van der Waals surface area contributed by atoms with Crippen LogP contribution in [0.4, 0.5) is 5.69 Å². The largest absolute Gasteiger partial charge is 0.488 e. The molecule has 0 saturated heterocycles. The van der Waals surface area contributed by atoms with Crippen molar-refractivity contribution >= 4 is 19.6 Å². The number of hydrogen-bond acceptors (Lipinski definition) is 2. The first-order chi connectivity index (χ1) is 17.3. The zero-order valence-electron chi connectivity index (χ0n) is 24.8. The van der Waals surface area contributed by atoms with Crippen molar-refractivity contribution in [3.63, 3.8) is 0 Å². The molecule has 3 rings (SSSR count). The average Bonchev–Trinajstić information content (AvgIpc) is 2.82. The summed E-state index contributed by atoms with van der Waals surface area (Å²) in [6.45, 7) is 19.3. The molecule has 0 aliphatic carbocycles. The van der Waals surface area contributed by atoms with E-state index in [0.29, 0.717) is 15.2 Å². The van der Waals surface area contributed by atoms with Gasteiger partial charge >= 0.3 is 0 Å². The molecule has 3 aromatic carbocycles. The van der Waals surface area contributed by atoms with E-state index in [1.54, 1.807) is 0 Å². The molecule has 0 saturated carbocycles. The summed E-state index contributed by atoms with van der Waals surface area (Å²) in [4.78, 5) is 2.24. The first-order valence-electron chi connectivity index (χ1n) is 13.7. The van der Waals surface area contributed by atoms with Crippen molar-refractivity contribution in [2.75, 3.05) is 19.0 Å². The monoisotopic (exact) mass is 517 g/mol. The number of rotatable bonds is 9. The Balaban J connectivity index is 2.27. The Morgan fingerprint density at radius 2 is 1.35 bits per heavy atom. The van der Waals surface area contributed by atoms with Crippen molar-refractivity contribution in [3.05, 3.63) is 89.0 Å². The molecule has 0 aromatic heterocycles. The number of benzene rings is 3. The molecule has 3 aromatic rings. The molecule has 0 aliphatic rings. The van der Waals surface area contributed by atoms with Gasteiger partial charge in [-0.05, 0) is 39.7 Å². The van der Waals surface area contributed by atoms with E-state index in [-0.39, 0.29) is 16.0 Å². The second-order valence-electron chi connectivity index (χ2n) is 12.8. The van der Waals surface area contributed by atoms with Crippen LogP contribution in [0.1, 0.15) is 90.5 Å². The molecule has 0 bridgehead atoms. The lowest BCUT2D eigenvalue weighted by atomic mass is 9.77. The lowest BCUT2D eigenvalue weighted by Crippen LogP contribution is -2.26. The average molecular weight is 518 g/mol. The Bertz CT molecular complexity index is 1170. The van der Waals surface area contributed by atoms with Crippen molar-refractivity contribution in [1.29, 1.82) is 0 Å². The van der Waals surface area contributed by atoms with Crippen LogP contribution in [0.25, 0.3) is 0 Å². The van der Waals surface area contributed by atoms with Crippen LogP contribution >= 0.6 is 8.58 Å². The van der Waals surface area contributed by atoms with Crippen LogP contribution in [0.5, 0.6) is 5.75 Å². The zero-order valence-corrected chi connectivity index (χ0v) is 25.8. The quantitative estimate of drug-likeness (QED) is 0.263. The molecule has 2 nitrogen and oxygen atoms in total.